The minimum absolute atomic E-state index is 0.0894. The Bertz CT molecular complexity index is 1230. The van der Waals surface area contributed by atoms with Crippen LogP contribution >= 0.6 is 0 Å². The topological polar surface area (TPSA) is 62.6 Å². The molecule has 0 amide bonds. The van der Waals surface area contributed by atoms with Crippen LogP contribution < -0.4 is 9.47 Å². The molecular formula is C31H38N2O4. The molecule has 0 N–H and O–H groups in total. The maximum atomic E-state index is 12.3. The Kier molecular flexibility index (Phi) is 8.37. The van der Waals surface area contributed by atoms with Gasteiger partial charge in [-0.05, 0) is 83.2 Å². The smallest absolute Gasteiger partial charge is 0.311 e. The van der Waals surface area contributed by atoms with Gasteiger partial charge in [0.25, 0.3) is 0 Å². The van der Waals surface area contributed by atoms with Crippen molar-refractivity contribution in [1.29, 1.82) is 0 Å². The molecule has 6 nitrogen and oxygen atoms in total. The normalized spacial score (nSPS) is 15.1. The molecule has 0 fully saturated rings. The van der Waals surface area contributed by atoms with Gasteiger partial charge in [0, 0.05) is 30.6 Å². The predicted octanol–water partition coefficient (Wildman–Crippen LogP) is 6.49. The van der Waals surface area contributed by atoms with E-state index < -0.39 is 5.41 Å². The highest BCUT2D eigenvalue weighted by Crippen LogP contribution is 2.37. The number of aromatic nitrogens is 2. The van der Waals surface area contributed by atoms with E-state index in [1.54, 1.807) is 0 Å². The summed E-state index contributed by atoms with van der Waals surface area (Å²) in [6.45, 7) is 8.11. The average molecular weight is 503 g/mol. The van der Waals surface area contributed by atoms with Gasteiger partial charge in [0.05, 0.1) is 18.1 Å². The second-order valence-corrected chi connectivity index (χ2v) is 10.6. The molecule has 2 heterocycles. The molecule has 2 aromatic carbocycles. The molecule has 0 aliphatic carbocycles. The second kappa shape index (κ2) is 11.7. The molecule has 4 rings (SSSR count). The zero-order valence-electron chi connectivity index (χ0n) is 22.6. The molecule has 1 atom stereocenters. The number of imidazole rings is 1. The third kappa shape index (κ3) is 6.82. The third-order valence-electron chi connectivity index (χ3n) is 6.64. The van der Waals surface area contributed by atoms with E-state index in [2.05, 4.69) is 35.3 Å². The monoisotopic (exact) mass is 502 g/mol. The van der Waals surface area contributed by atoms with E-state index in [9.17, 15) is 4.79 Å². The van der Waals surface area contributed by atoms with Crippen molar-refractivity contribution in [2.75, 3.05) is 6.61 Å². The Morgan fingerprint density at radius 2 is 1.95 bits per heavy atom. The molecule has 0 saturated heterocycles. The van der Waals surface area contributed by atoms with Crippen molar-refractivity contribution >= 4 is 17.6 Å². The lowest BCUT2D eigenvalue weighted by Gasteiger charge is -2.28. The molecule has 1 aliphatic heterocycles. The Balaban J connectivity index is 1.43. The molecule has 1 aromatic heterocycles. The summed E-state index contributed by atoms with van der Waals surface area (Å²) in [5.74, 6) is 2.37. The van der Waals surface area contributed by atoms with Gasteiger partial charge in [-0.15, -0.1) is 0 Å². The summed E-state index contributed by atoms with van der Waals surface area (Å²) in [7, 11) is 2.00. The van der Waals surface area contributed by atoms with Crippen LogP contribution in [-0.2, 0) is 23.0 Å². The van der Waals surface area contributed by atoms with E-state index in [-0.39, 0.29) is 18.2 Å². The van der Waals surface area contributed by atoms with Crippen LogP contribution in [0.15, 0.2) is 60.9 Å². The number of hydrogen-bond donors (Lipinski definition) is 0. The second-order valence-electron chi connectivity index (χ2n) is 10.6. The Hall–Kier alpha value is -3.54. The summed E-state index contributed by atoms with van der Waals surface area (Å²) in [5.41, 5.74) is 2.80. The van der Waals surface area contributed by atoms with Gasteiger partial charge in [0.15, 0.2) is 0 Å². The number of aryl methyl sites for hydroxylation is 2. The van der Waals surface area contributed by atoms with Crippen molar-refractivity contribution in [3.8, 4) is 11.5 Å². The summed E-state index contributed by atoms with van der Waals surface area (Å²) < 4.78 is 20.0. The van der Waals surface area contributed by atoms with E-state index in [4.69, 9.17) is 14.2 Å². The lowest BCUT2D eigenvalue weighted by atomic mass is 9.88. The van der Waals surface area contributed by atoms with Gasteiger partial charge in [-0.2, -0.15) is 0 Å². The van der Waals surface area contributed by atoms with Gasteiger partial charge in [-0.25, -0.2) is 4.98 Å². The van der Waals surface area contributed by atoms with Crippen molar-refractivity contribution in [1.82, 2.24) is 9.55 Å². The van der Waals surface area contributed by atoms with Gasteiger partial charge in [0.1, 0.15) is 23.4 Å². The number of fused-ring (bicyclic) bond motifs is 1. The molecule has 37 heavy (non-hydrogen) atoms. The lowest BCUT2D eigenvalue weighted by Crippen LogP contribution is -2.29. The molecule has 0 radical (unpaired) electrons. The quantitative estimate of drug-likeness (QED) is 0.221. The summed E-state index contributed by atoms with van der Waals surface area (Å²) in [6.07, 6.45) is 8.98. The van der Waals surface area contributed by atoms with Crippen molar-refractivity contribution in [2.24, 2.45) is 12.5 Å². The van der Waals surface area contributed by atoms with Crippen molar-refractivity contribution in [3.05, 3.63) is 77.9 Å². The zero-order valence-corrected chi connectivity index (χ0v) is 22.6. The Morgan fingerprint density at radius 3 is 2.65 bits per heavy atom. The molecule has 0 saturated carbocycles. The highest BCUT2D eigenvalue weighted by Gasteiger charge is 2.30. The lowest BCUT2D eigenvalue weighted by molar-refractivity contribution is -0.158. The van der Waals surface area contributed by atoms with Crippen LogP contribution in [0.2, 0.25) is 0 Å². The highest BCUT2D eigenvalue weighted by molar-refractivity contribution is 5.85. The van der Waals surface area contributed by atoms with Gasteiger partial charge in [-0.1, -0.05) is 30.3 Å². The van der Waals surface area contributed by atoms with Crippen LogP contribution in [0.25, 0.3) is 11.6 Å². The summed E-state index contributed by atoms with van der Waals surface area (Å²) in [4.78, 5) is 16.9. The third-order valence-corrected chi connectivity index (χ3v) is 6.64. The molecule has 0 bridgehead atoms. The molecule has 1 unspecified atom stereocenters. The molecule has 3 aromatic rings. The van der Waals surface area contributed by atoms with E-state index in [1.165, 1.54) is 5.56 Å². The average Bonchev–Trinajstić information content (AvgIpc) is 3.30. The minimum Gasteiger partial charge on any atom is -0.494 e. The number of rotatable bonds is 11. The maximum Gasteiger partial charge on any atom is 0.311 e. The van der Waals surface area contributed by atoms with Crippen LogP contribution in [-0.4, -0.2) is 34.3 Å². The van der Waals surface area contributed by atoms with Crippen LogP contribution in [0.5, 0.6) is 11.5 Å². The molecule has 6 heteroatoms. The standard InChI is InChI=1S/C31H38N2O4/c1-22(2)36-30(34)31(3,4)16-9-19-35-25-13-15-27-24(20-25)21-26(29-32-17-18-33(29)5)28(37-27)14-12-23-10-7-6-8-11-23/h6-8,10-11,13,15,17-18,20-22,28H,9,12,14,16,19H2,1-5H3. The minimum atomic E-state index is -0.536. The van der Waals surface area contributed by atoms with Crippen LogP contribution in [0, 0.1) is 5.41 Å². The number of nitrogens with zero attached hydrogens (tertiary/aromatic N) is 2. The maximum absolute atomic E-state index is 12.3. The fraction of sp³-hybridized carbons (Fsp3) is 0.419. The molecular weight excluding hydrogens is 464 g/mol. The van der Waals surface area contributed by atoms with Crippen LogP contribution in [0.1, 0.15) is 63.9 Å². The Morgan fingerprint density at radius 1 is 1.16 bits per heavy atom. The first-order valence-corrected chi connectivity index (χ1v) is 13.1. The summed E-state index contributed by atoms with van der Waals surface area (Å²) in [6, 6.07) is 16.4. The van der Waals surface area contributed by atoms with Gasteiger partial charge < -0.3 is 18.8 Å². The number of benzene rings is 2. The summed E-state index contributed by atoms with van der Waals surface area (Å²) in [5, 5.41) is 0. The molecule has 196 valence electrons. The van der Waals surface area contributed by atoms with E-state index >= 15 is 0 Å². The van der Waals surface area contributed by atoms with Crippen LogP contribution in [0.3, 0.4) is 0 Å². The number of ether oxygens (including phenoxy) is 3. The van der Waals surface area contributed by atoms with Crippen molar-refractivity contribution < 1.29 is 19.0 Å². The number of carbonyl (C=O) groups excluding carboxylic acids is 1. The first kappa shape index (κ1) is 26.5. The summed E-state index contributed by atoms with van der Waals surface area (Å²) >= 11 is 0. The Labute approximate surface area is 220 Å². The largest absolute Gasteiger partial charge is 0.494 e. The van der Waals surface area contributed by atoms with E-state index in [1.807, 2.05) is 76.0 Å². The zero-order chi connectivity index (χ0) is 26.4. The van der Waals surface area contributed by atoms with E-state index in [0.29, 0.717) is 13.0 Å². The first-order chi connectivity index (χ1) is 17.7. The number of esters is 1. The van der Waals surface area contributed by atoms with Gasteiger partial charge in [-0.3, -0.25) is 4.79 Å². The number of hydrogen-bond acceptors (Lipinski definition) is 5. The highest BCUT2D eigenvalue weighted by atomic mass is 16.5. The van der Waals surface area contributed by atoms with Crippen molar-refractivity contribution in [2.45, 2.75) is 65.6 Å². The fourth-order valence-electron chi connectivity index (χ4n) is 4.50. The molecule has 1 aliphatic rings. The SMILES string of the molecule is CC(C)OC(=O)C(C)(C)CCCOc1ccc2c(c1)C=C(c1nccn1C)C(CCc1ccccc1)O2. The number of carbonyl (C=O) groups is 1. The van der Waals surface area contributed by atoms with Crippen LogP contribution in [0.4, 0.5) is 0 Å². The van der Waals surface area contributed by atoms with Gasteiger partial charge in [0.2, 0.25) is 0 Å². The first-order valence-electron chi connectivity index (χ1n) is 13.1. The predicted molar refractivity (Wildman–Crippen MR) is 146 cm³/mol. The molecule has 0 spiro atoms. The fourth-order valence-corrected chi connectivity index (χ4v) is 4.50. The van der Waals surface area contributed by atoms with E-state index in [0.717, 1.165) is 47.7 Å². The van der Waals surface area contributed by atoms with Gasteiger partial charge >= 0.3 is 5.97 Å². The van der Waals surface area contributed by atoms with Crippen molar-refractivity contribution in [3.63, 3.8) is 0 Å².